The standard InChI is InChI=1S/C19H16N2O2/c1-13-8-10-15(11-9-13)17-16(14-6-4-3-5-7-14)18(19(22)23-2)21-12-20-17/h3-12H,1-2H3. The van der Waals surface area contributed by atoms with Gasteiger partial charge in [-0.3, -0.25) is 0 Å². The molecule has 114 valence electrons. The Bertz CT molecular complexity index is 828. The highest BCUT2D eigenvalue weighted by atomic mass is 16.5. The normalized spacial score (nSPS) is 10.3. The minimum Gasteiger partial charge on any atom is -0.464 e. The monoisotopic (exact) mass is 304 g/mol. The third-order valence-corrected chi connectivity index (χ3v) is 3.61. The summed E-state index contributed by atoms with van der Waals surface area (Å²) in [6.45, 7) is 2.03. The van der Waals surface area contributed by atoms with Gasteiger partial charge in [-0.15, -0.1) is 0 Å². The number of hydrogen-bond acceptors (Lipinski definition) is 4. The van der Waals surface area contributed by atoms with Gasteiger partial charge in [-0.25, -0.2) is 14.8 Å². The van der Waals surface area contributed by atoms with Gasteiger partial charge >= 0.3 is 5.97 Å². The Hall–Kier alpha value is -3.01. The van der Waals surface area contributed by atoms with Crippen molar-refractivity contribution in [2.24, 2.45) is 0 Å². The van der Waals surface area contributed by atoms with E-state index in [4.69, 9.17) is 4.74 Å². The number of benzene rings is 2. The van der Waals surface area contributed by atoms with Crippen LogP contribution in [0.5, 0.6) is 0 Å². The van der Waals surface area contributed by atoms with Gasteiger partial charge in [0.05, 0.1) is 12.8 Å². The van der Waals surface area contributed by atoms with Crippen LogP contribution in [-0.4, -0.2) is 23.0 Å². The number of methoxy groups -OCH3 is 1. The number of nitrogens with zero attached hydrogens (tertiary/aromatic N) is 2. The molecule has 0 aliphatic rings. The third-order valence-electron chi connectivity index (χ3n) is 3.61. The summed E-state index contributed by atoms with van der Waals surface area (Å²) in [6, 6.07) is 17.7. The molecule has 0 atom stereocenters. The van der Waals surface area contributed by atoms with Crippen LogP contribution in [0, 0.1) is 6.92 Å². The fourth-order valence-corrected chi connectivity index (χ4v) is 2.45. The molecular formula is C19H16N2O2. The fraction of sp³-hybridized carbons (Fsp3) is 0.105. The van der Waals surface area contributed by atoms with Crippen LogP contribution in [0.4, 0.5) is 0 Å². The number of carbonyl (C=O) groups is 1. The topological polar surface area (TPSA) is 52.1 Å². The predicted octanol–water partition coefficient (Wildman–Crippen LogP) is 3.91. The zero-order chi connectivity index (χ0) is 16.2. The van der Waals surface area contributed by atoms with Gasteiger partial charge in [0, 0.05) is 11.1 Å². The summed E-state index contributed by atoms with van der Waals surface area (Å²) >= 11 is 0. The second-order valence-corrected chi connectivity index (χ2v) is 5.17. The molecule has 3 rings (SSSR count). The van der Waals surface area contributed by atoms with Crippen molar-refractivity contribution in [2.45, 2.75) is 6.92 Å². The van der Waals surface area contributed by atoms with Crippen LogP contribution in [0.3, 0.4) is 0 Å². The van der Waals surface area contributed by atoms with E-state index < -0.39 is 5.97 Å². The molecule has 4 heteroatoms. The Morgan fingerprint density at radius 2 is 1.61 bits per heavy atom. The van der Waals surface area contributed by atoms with Gasteiger partial charge in [-0.1, -0.05) is 60.2 Å². The fourth-order valence-electron chi connectivity index (χ4n) is 2.45. The molecule has 23 heavy (non-hydrogen) atoms. The van der Waals surface area contributed by atoms with E-state index in [2.05, 4.69) is 9.97 Å². The lowest BCUT2D eigenvalue weighted by Gasteiger charge is -2.12. The maximum Gasteiger partial charge on any atom is 0.357 e. The minimum atomic E-state index is -0.473. The van der Waals surface area contributed by atoms with Crippen molar-refractivity contribution in [1.29, 1.82) is 0 Å². The molecule has 0 spiro atoms. The highest BCUT2D eigenvalue weighted by molar-refractivity contribution is 5.99. The van der Waals surface area contributed by atoms with Crippen molar-refractivity contribution >= 4 is 5.97 Å². The molecule has 0 radical (unpaired) electrons. The molecule has 3 aromatic rings. The minimum absolute atomic E-state index is 0.268. The molecule has 2 aromatic carbocycles. The van der Waals surface area contributed by atoms with Crippen LogP contribution in [-0.2, 0) is 4.74 Å². The van der Waals surface area contributed by atoms with Crippen molar-refractivity contribution in [3.63, 3.8) is 0 Å². The van der Waals surface area contributed by atoms with Crippen LogP contribution >= 0.6 is 0 Å². The van der Waals surface area contributed by atoms with Crippen LogP contribution in [0.1, 0.15) is 16.1 Å². The van der Waals surface area contributed by atoms with Gasteiger partial charge < -0.3 is 4.74 Å². The first-order chi connectivity index (χ1) is 11.2. The van der Waals surface area contributed by atoms with Gasteiger partial charge in [-0.2, -0.15) is 0 Å². The molecule has 1 heterocycles. The van der Waals surface area contributed by atoms with Gasteiger partial charge in [0.15, 0.2) is 5.69 Å². The van der Waals surface area contributed by atoms with Crippen molar-refractivity contribution in [3.05, 3.63) is 72.2 Å². The lowest BCUT2D eigenvalue weighted by atomic mass is 9.97. The van der Waals surface area contributed by atoms with E-state index in [0.29, 0.717) is 11.3 Å². The molecule has 1 aromatic heterocycles. The molecule has 0 unspecified atom stereocenters. The van der Waals surface area contributed by atoms with E-state index in [1.54, 1.807) is 0 Å². The van der Waals surface area contributed by atoms with Crippen LogP contribution in [0.2, 0.25) is 0 Å². The molecule has 0 bridgehead atoms. The summed E-state index contributed by atoms with van der Waals surface area (Å²) in [4.78, 5) is 20.7. The van der Waals surface area contributed by atoms with Gasteiger partial charge in [0.2, 0.25) is 0 Å². The largest absolute Gasteiger partial charge is 0.464 e. The second-order valence-electron chi connectivity index (χ2n) is 5.17. The molecule has 0 amide bonds. The maximum absolute atomic E-state index is 12.1. The third kappa shape index (κ3) is 2.97. The second kappa shape index (κ2) is 6.40. The van der Waals surface area contributed by atoms with E-state index in [1.165, 1.54) is 13.4 Å². The summed E-state index contributed by atoms with van der Waals surface area (Å²) in [5.74, 6) is -0.473. The van der Waals surface area contributed by atoms with Crippen LogP contribution in [0.15, 0.2) is 60.9 Å². The Kier molecular flexibility index (Phi) is 4.15. The number of hydrogen-bond donors (Lipinski definition) is 0. The summed E-state index contributed by atoms with van der Waals surface area (Å²) in [6.07, 6.45) is 1.40. The quantitative estimate of drug-likeness (QED) is 0.688. The van der Waals surface area contributed by atoms with E-state index in [-0.39, 0.29) is 5.69 Å². The van der Waals surface area contributed by atoms with Crippen molar-refractivity contribution < 1.29 is 9.53 Å². The Balaban J connectivity index is 2.27. The van der Waals surface area contributed by atoms with Gasteiger partial charge in [0.25, 0.3) is 0 Å². The average molecular weight is 304 g/mol. The molecule has 4 nitrogen and oxygen atoms in total. The molecule has 0 saturated heterocycles. The summed E-state index contributed by atoms with van der Waals surface area (Å²) in [5.41, 5.74) is 4.64. The van der Waals surface area contributed by atoms with E-state index in [0.717, 1.165) is 16.7 Å². The summed E-state index contributed by atoms with van der Waals surface area (Å²) in [7, 11) is 1.35. The first-order valence-electron chi connectivity index (χ1n) is 7.26. The molecular weight excluding hydrogens is 288 g/mol. The number of rotatable bonds is 3. The Morgan fingerprint density at radius 1 is 0.913 bits per heavy atom. The number of carbonyl (C=O) groups excluding carboxylic acids is 1. The van der Waals surface area contributed by atoms with Crippen molar-refractivity contribution in [3.8, 4) is 22.4 Å². The number of aryl methyl sites for hydroxylation is 1. The highest BCUT2D eigenvalue weighted by Crippen LogP contribution is 2.32. The van der Waals surface area contributed by atoms with Crippen LogP contribution in [0.25, 0.3) is 22.4 Å². The van der Waals surface area contributed by atoms with E-state index in [9.17, 15) is 4.79 Å². The van der Waals surface area contributed by atoms with Gasteiger partial charge in [0.1, 0.15) is 6.33 Å². The number of ether oxygens (including phenoxy) is 1. The Labute approximate surface area is 134 Å². The number of esters is 1. The molecule has 0 saturated carbocycles. The molecule has 0 N–H and O–H groups in total. The Morgan fingerprint density at radius 3 is 2.26 bits per heavy atom. The van der Waals surface area contributed by atoms with Crippen molar-refractivity contribution in [1.82, 2.24) is 9.97 Å². The average Bonchev–Trinajstić information content (AvgIpc) is 2.62. The lowest BCUT2D eigenvalue weighted by molar-refractivity contribution is 0.0595. The summed E-state index contributed by atoms with van der Waals surface area (Å²) in [5, 5.41) is 0. The highest BCUT2D eigenvalue weighted by Gasteiger charge is 2.20. The zero-order valence-electron chi connectivity index (χ0n) is 13.0. The van der Waals surface area contributed by atoms with Gasteiger partial charge in [-0.05, 0) is 12.5 Å². The molecule has 0 aliphatic heterocycles. The first kappa shape index (κ1) is 14.9. The van der Waals surface area contributed by atoms with Crippen LogP contribution < -0.4 is 0 Å². The predicted molar refractivity (Wildman–Crippen MR) is 89.0 cm³/mol. The summed E-state index contributed by atoms with van der Waals surface area (Å²) < 4.78 is 4.88. The van der Waals surface area contributed by atoms with Crippen molar-refractivity contribution in [2.75, 3.05) is 7.11 Å². The van der Waals surface area contributed by atoms with E-state index in [1.807, 2.05) is 61.5 Å². The SMILES string of the molecule is COC(=O)c1ncnc(-c2ccc(C)cc2)c1-c1ccccc1. The lowest BCUT2D eigenvalue weighted by Crippen LogP contribution is -2.08. The van der Waals surface area contributed by atoms with E-state index >= 15 is 0 Å². The first-order valence-corrected chi connectivity index (χ1v) is 7.26. The molecule has 0 aliphatic carbocycles. The smallest absolute Gasteiger partial charge is 0.357 e. The molecule has 0 fully saturated rings. The maximum atomic E-state index is 12.1. The zero-order valence-corrected chi connectivity index (χ0v) is 13.0. The number of aromatic nitrogens is 2.